The summed E-state index contributed by atoms with van der Waals surface area (Å²) in [6.45, 7) is 4.11. The number of likely N-dealkylation sites (tertiary alicyclic amines) is 1. The van der Waals surface area contributed by atoms with Gasteiger partial charge in [0.1, 0.15) is 5.82 Å². The van der Waals surface area contributed by atoms with E-state index in [1.807, 2.05) is 4.90 Å². The molecular weight excluding hydrogens is 393 g/mol. The quantitative estimate of drug-likeness (QED) is 0.776. The van der Waals surface area contributed by atoms with Crippen LogP contribution in [0.2, 0.25) is 0 Å². The van der Waals surface area contributed by atoms with Gasteiger partial charge in [-0.1, -0.05) is 25.3 Å². The van der Waals surface area contributed by atoms with E-state index in [0.717, 1.165) is 36.4 Å². The highest BCUT2D eigenvalue weighted by atomic mass is 32.2. The molecule has 8 heteroatoms. The summed E-state index contributed by atoms with van der Waals surface area (Å²) >= 11 is 0. The molecule has 4 rings (SSSR count). The minimum atomic E-state index is -3.69. The van der Waals surface area contributed by atoms with Crippen molar-refractivity contribution < 1.29 is 22.5 Å². The Kier molecular flexibility index (Phi) is 6.22. The maximum Gasteiger partial charge on any atom is 0.277 e. The topological polar surface area (TPSA) is 62.1 Å². The van der Waals surface area contributed by atoms with Crippen LogP contribution >= 0.6 is 0 Å². The minimum absolute atomic E-state index is 0.00706. The molecule has 2 atom stereocenters. The van der Waals surface area contributed by atoms with Gasteiger partial charge >= 0.3 is 0 Å². The Labute approximate surface area is 172 Å². The molecule has 1 aliphatic carbocycles. The molecule has 3 fully saturated rings. The van der Waals surface area contributed by atoms with Crippen LogP contribution in [0.25, 0.3) is 0 Å². The number of piperidine rings is 1. The zero-order valence-corrected chi connectivity index (χ0v) is 17.7. The summed E-state index contributed by atoms with van der Waals surface area (Å²) < 4.78 is 40.3. The Morgan fingerprint density at radius 3 is 2.52 bits per heavy atom. The fraction of sp³-hybridized carbons (Fsp3) is 0.667. The van der Waals surface area contributed by atoms with Gasteiger partial charge in [0.25, 0.3) is 5.91 Å². The molecule has 29 heavy (non-hydrogen) atoms. The number of amides is 1. The highest BCUT2D eigenvalue weighted by Gasteiger charge is 2.35. The number of fused-ring (bicyclic) bond motifs is 1. The van der Waals surface area contributed by atoms with Crippen molar-refractivity contribution in [2.24, 2.45) is 11.8 Å². The third-order valence-corrected chi connectivity index (χ3v) is 8.80. The summed E-state index contributed by atoms with van der Waals surface area (Å²) in [5, 5.41) is 0. The van der Waals surface area contributed by atoms with Crippen LogP contribution in [-0.2, 0) is 14.8 Å². The third-order valence-electron chi connectivity index (χ3n) is 6.91. The van der Waals surface area contributed by atoms with Gasteiger partial charge in [0.2, 0.25) is 10.0 Å². The van der Waals surface area contributed by atoms with E-state index in [0.29, 0.717) is 38.6 Å². The van der Waals surface area contributed by atoms with Crippen molar-refractivity contribution in [1.29, 1.82) is 0 Å². The predicted octanol–water partition coefficient (Wildman–Crippen LogP) is 0.754. The number of benzene rings is 1. The van der Waals surface area contributed by atoms with Crippen LogP contribution in [0.3, 0.4) is 0 Å². The zero-order valence-electron chi connectivity index (χ0n) is 16.9. The molecule has 1 aromatic rings. The molecule has 6 nitrogen and oxygen atoms in total. The lowest BCUT2D eigenvalue weighted by Gasteiger charge is -2.41. The first-order valence-corrected chi connectivity index (χ1v) is 12.2. The van der Waals surface area contributed by atoms with Crippen LogP contribution in [-0.4, -0.2) is 69.3 Å². The van der Waals surface area contributed by atoms with Crippen molar-refractivity contribution in [2.75, 3.05) is 45.8 Å². The van der Waals surface area contributed by atoms with Crippen LogP contribution in [0.1, 0.15) is 32.1 Å². The first-order valence-electron chi connectivity index (χ1n) is 10.8. The fourth-order valence-electron chi connectivity index (χ4n) is 5.15. The maximum atomic E-state index is 13.4. The molecule has 2 saturated heterocycles. The molecule has 0 radical (unpaired) electrons. The number of nitrogens with zero attached hydrogens (tertiary/aromatic N) is 2. The van der Waals surface area contributed by atoms with Crippen molar-refractivity contribution >= 4 is 15.9 Å². The number of sulfonamides is 1. The standard InChI is InChI=1S/C21H30FN3O3S/c22-19-6-3-7-20(14-19)29(27,28)25-12-10-23(11-13-25)16-21(26)24-9-8-17-4-1-2-5-18(17)15-24/h3,6-7,14,17-18H,1-2,4-5,8-13,15-16H2/p+1/t17-,18-/m0/s1. The molecule has 2 aliphatic heterocycles. The summed E-state index contributed by atoms with van der Waals surface area (Å²) in [5.41, 5.74) is 0. The van der Waals surface area contributed by atoms with E-state index in [1.54, 1.807) is 0 Å². The van der Waals surface area contributed by atoms with Gasteiger partial charge in [-0.15, -0.1) is 0 Å². The van der Waals surface area contributed by atoms with Crippen LogP contribution in [0.5, 0.6) is 0 Å². The molecular formula is C21H31FN3O3S+. The van der Waals surface area contributed by atoms with E-state index in [9.17, 15) is 17.6 Å². The van der Waals surface area contributed by atoms with Crippen LogP contribution in [0, 0.1) is 17.7 Å². The Balaban J connectivity index is 1.29. The monoisotopic (exact) mass is 424 g/mol. The van der Waals surface area contributed by atoms with Gasteiger partial charge in [0, 0.05) is 13.1 Å². The summed E-state index contributed by atoms with van der Waals surface area (Å²) in [4.78, 5) is 16.0. The van der Waals surface area contributed by atoms with Crippen LogP contribution < -0.4 is 4.90 Å². The number of hydrogen-bond donors (Lipinski definition) is 1. The molecule has 0 bridgehead atoms. The largest absolute Gasteiger partial charge is 0.338 e. The SMILES string of the molecule is O=C(C[NH+]1CCN(S(=O)(=O)c2cccc(F)c2)CC1)N1CC[C@@H]2CCCC[C@H]2C1. The van der Waals surface area contributed by atoms with E-state index in [1.165, 1.54) is 48.2 Å². The number of hydrogen-bond acceptors (Lipinski definition) is 3. The summed E-state index contributed by atoms with van der Waals surface area (Å²) in [5.74, 6) is 1.12. The number of rotatable bonds is 4. The third kappa shape index (κ3) is 4.64. The molecule has 0 aromatic heterocycles. The van der Waals surface area contributed by atoms with E-state index < -0.39 is 15.8 Å². The number of quaternary nitrogens is 1. The zero-order chi connectivity index (χ0) is 20.4. The molecule has 160 valence electrons. The molecule has 1 N–H and O–H groups in total. The Morgan fingerprint density at radius 2 is 1.79 bits per heavy atom. The summed E-state index contributed by atoms with van der Waals surface area (Å²) in [6.07, 6.45) is 6.32. The van der Waals surface area contributed by atoms with Gasteiger partial charge in [-0.25, -0.2) is 12.8 Å². The smallest absolute Gasteiger partial charge is 0.277 e. The lowest BCUT2D eigenvalue weighted by atomic mass is 9.75. The van der Waals surface area contributed by atoms with Gasteiger partial charge in [-0.05, 0) is 42.9 Å². The lowest BCUT2D eigenvalue weighted by molar-refractivity contribution is -0.896. The first-order chi connectivity index (χ1) is 13.9. The first kappa shape index (κ1) is 20.8. The Morgan fingerprint density at radius 1 is 1.07 bits per heavy atom. The lowest BCUT2D eigenvalue weighted by Crippen LogP contribution is -3.15. The highest BCUT2D eigenvalue weighted by molar-refractivity contribution is 7.89. The average molecular weight is 425 g/mol. The second-order valence-corrected chi connectivity index (χ2v) is 10.7. The van der Waals surface area contributed by atoms with E-state index in [-0.39, 0.29) is 10.8 Å². The summed E-state index contributed by atoms with van der Waals surface area (Å²) in [6, 6.07) is 5.14. The summed E-state index contributed by atoms with van der Waals surface area (Å²) in [7, 11) is -3.69. The van der Waals surface area contributed by atoms with Crippen molar-refractivity contribution in [2.45, 2.75) is 37.0 Å². The Bertz CT molecular complexity index is 839. The predicted molar refractivity (Wildman–Crippen MR) is 107 cm³/mol. The Hall–Kier alpha value is -1.51. The number of carbonyl (C=O) groups is 1. The second kappa shape index (κ2) is 8.70. The van der Waals surface area contributed by atoms with E-state index in [2.05, 4.69) is 0 Å². The van der Waals surface area contributed by atoms with Crippen molar-refractivity contribution in [1.82, 2.24) is 9.21 Å². The maximum absolute atomic E-state index is 13.4. The number of carbonyl (C=O) groups excluding carboxylic acids is 1. The van der Waals surface area contributed by atoms with E-state index in [4.69, 9.17) is 0 Å². The van der Waals surface area contributed by atoms with Gasteiger partial charge in [-0.3, -0.25) is 4.79 Å². The number of piperazine rings is 1. The van der Waals surface area contributed by atoms with Gasteiger partial charge in [-0.2, -0.15) is 4.31 Å². The molecule has 1 amide bonds. The van der Waals surface area contributed by atoms with Gasteiger partial charge in [0.05, 0.1) is 31.1 Å². The number of nitrogens with one attached hydrogen (secondary N) is 1. The van der Waals surface area contributed by atoms with Gasteiger partial charge < -0.3 is 9.80 Å². The second-order valence-electron chi connectivity index (χ2n) is 8.72. The minimum Gasteiger partial charge on any atom is -0.338 e. The van der Waals surface area contributed by atoms with Crippen molar-refractivity contribution in [3.8, 4) is 0 Å². The van der Waals surface area contributed by atoms with Crippen molar-refractivity contribution in [3.63, 3.8) is 0 Å². The normalized spacial score (nSPS) is 26.9. The highest BCUT2D eigenvalue weighted by Crippen LogP contribution is 2.35. The fourth-order valence-corrected chi connectivity index (χ4v) is 6.62. The average Bonchev–Trinajstić information content (AvgIpc) is 2.74. The molecule has 0 unspecified atom stereocenters. The van der Waals surface area contributed by atoms with Gasteiger partial charge in [0.15, 0.2) is 6.54 Å². The molecule has 1 saturated carbocycles. The van der Waals surface area contributed by atoms with E-state index >= 15 is 0 Å². The molecule has 0 spiro atoms. The molecule has 3 aliphatic rings. The molecule has 1 aromatic carbocycles. The molecule has 2 heterocycles. The van der Waals surface area contributed by atoms with Crippen LogP contribution in [0.15, 0.2) is 29.2 Å². The number of halogens is 1. The van der Waals surface area contributed by atoms with Crippen LogP contribution in [0.4, 0.5) is 4.39 Å². The van der Waals surface area contributed by atoms with Crippen molar-refractivity contribution in [3.05, 3.63) is 30.1 Å².